The van der Waals surface area contributed by atoms with Crippen molar-refractivity contribution in [3.63, 3.8) is 0 Å². The Labute approximate surface area is 170 Å². The molecule has 12 heteroatoms. The molecular weight excluding hydrogens is 398 g/mol. The first kappa shape index (κ1) is 21.0. The van der Waals surface area contributed by atoms with Gasteiger partial charge in [-0.15, -0.1) is 0 Å². The Morgan fingerprint density at radius 1 is 1.27 bits per heavy atom. The number of carbonyl (C=O) groups excluding carboxylic acids is 1. The molecular formula is C18H20F2N8O2. The zero-order valence-electron chi connectivity index (χ0n) is 16.0. The van der Waals surface area contributed by atoms with Crippen molar-refractivity contribution in [2.45, 2.75) is 26.1 Å². The summed E-state index contributed by atoms with van der Waals surface area (Å²) in [6, 6.07) is 1.21. The molecule has 0 fully saturated rings. The largest absolute Gasteiger partial charge is 0.394 e. The minimum atomic E-state index is -0.750. The third-order valence-electron chi connectivity index (χ3n) is 3.93. The van der Waals surface area contributed by atoms with Gasteiger partial charge in [-0.05, 0) is 13.0 Å². The van der Waals surface area contributed by atoms with Crippen molar-refractivity contribution < 1.29 is 18.7 Å². The van der Waals surface area contributed by atoms with E-state index in [0.717, 1.165) is 12.4 Å². The number of aromatic nitrogens is 5. The Morgan fingerprint density at radius 3 is 2.77 bits per heavy atom. The van der Waals surface area contributed by atoms with E-state index in [4.69, 9.17) is 5.11 Å². The van der Waals surface area contributed by atoms with E-state index in [1.807, 2.05) is 0 Å². The van der Waals surface area contributed by atoms with Crippen LogP contribution in [0.1, 0.15) is 12.5 Å². The molecule has 10 nitrogen and oxygen atoms in total. The molecule has 3 rings (SSSR count). The quantitative estimate of drug-likeness (QED) is 0.408. The molecule has 3 heterocycles. The molecule has 3 aromatic rings. The Kier molecular flexibility index (Phi) is 6.80. The van der Waals surface area contributed by atoms with E-state index >= 15 is 0 Å². The van der Waals surface area contributed by atoms with Crippen molar-refractivity contribution in [2.75, 3.05) is 17.2 Å². The molecule has 0 saturated carbocycles. The highest BCUT2D eigenvalue weighted by molar-refractivity contribution is 5.76. The number of carbonyl (C=O) groups is 1. The molecule has 0 saturated heterocycles. The number of anilines is 3. The normalized spacial score (nSPS) is 11.7. The average molecular weight is 418 g/mol. The van der Waals surface area contributed by atoms with Gasteiger partial charge in [0.05, 0.1) is 30.9 Å². The molecule has 1 atom stereocenters. The van der Waals surface area contributed by atoms with Crippen molar-refractivity contribution in [1.82, 2.24) is 30.0 Å². The standard InChI is InChI=1S/C18H20F2N8O2/c1-11(10-29)25-17(30)9-28-8-12(4-24-28)26-18-22-3-2-16(27-18)23-5-13-14(19)6-21-7-15(13)20/h2-4,6-8,11,29H,5,9-10H2,1H3,(H,25,30)(H2,22,23,26,27)/t11-/m0/s1. The van der Waals surface area contributed by atoms with Gasteiger partial charge in [0.25, 0.3) is 0 Å². The Bertz CT molecular complexity index is 993. The maximum Gasteiger partial charge on any atom is 0.242 e. The predicted molar refractivity (Wildman–Crippen MR) is 104 cm³/mol. The number of hydrogen-bond donors (Lipinski definition) is 4. The molecule has 0 aliphatic heterocycles. The van der Waals surface area contributed by atoms with Crippen LogP contribution in [0.2, 0.25) is 0 Å². The summed E-state index contributed by atoms with van der Waals surface area (Å²) in [5.41, 5.74) is 0.398. The van der Waals surface area contributed by atoms with E-state index in [9.17, 15) is 13.6 Å². The minimum Gasteiger partial charge on any atom is -0.394 e. The molecule has 0 bridgehead atoms. The molecule has 0 aromatic carbocycles. The van der Waals surface area contributed by atoms with Crippen LogP contribution >= 0.6 is 0 Å². The molecule has 1 amide bonds. The van der Waals surface area contributed by atoms with Gasteiger partial charge in [-0.1, -0.05) is 0 Å². The summed E-state index contributed by atoms with van der Waals surface area (Å²) in [4.78, 5) is 23.6. The van der Waals surface area contributed by atoms with Gasteiger partial charge < -0.3 is 21.1 Å². The number of nitrogens with zero attached hydrogens (tertiary/aromatic N) is 5. The third-order valence-corrected chi connectivity index (χ3v) is 3.93. The zero-order chi connectivity index (χ0) is 21.5. The van der Waals surface area contributed by atoms with Gasteiger partial charge in [0.2, 0.25) is 11.9 Å². The van der Waals surface area contributed by atoms with Crippen molar-refractivity contribution >= 4 is 23.4 Å². The van der Waals surface area contributed by atoms with Gasteiger partial charge in [-0.25, -0.2) is 13.8 Å². The lowest BCUT2D eigenvalue weighted by Crippen LogP contribution is -2.37. The van der Waals surface area contributed by atoms with Crippen molar-refractivity contribution in [2.24, 2.45) is 0 Å². The first-order valence-electron chi connectivity index (χ1n) is 8.99. The summed E-state index contributed by atoms with van der Waals surface area (Å²) < 4.78 is 28.7. The lowest BCUT2D eigenvalue weighted by atomic mass is 10.2. The summed E-state index contributed by atoms with van der Waals surface area (Å²) in [6.45, 7) is 1.40. The number of rotatable bonds is 9. The van der Waals surface area contributed by atoms with Crippen LogP contribution in [0.5, 0.6) is 0 Å². The van der Waals surface area contributed by atoms with E-state index in [1.54, 1.807) is 19.2 Å². The molecule has 30 heavy (non-hydrogen) atoms. The maximum absolute atomic E-state index is 13.7. The predicted octanol–water partition coefficient (Wildman–Crippen LogP) is 1.20. The molecule has 0 spiro atoms. The van der Waals surface area contributed by atoms with E-state index in [0.29, 0.717) is 11.5 Å². The zero-order valence-corrected chi connectivity index (χ0v) is 16.0. The van der Waals surface area contributed by atoms with E-state index in [2.05, 4.69) is 36.0 Å². The highest BCUT2D eigenvalue weighted by atomic mass is 19.1. The molecule has 0 aliphatic carbocycles. The van der Waals surface area contributed by atoms with Crippen LogP contribution in [-0.4, -0.2) is 48.4 Å². The summed E-state index contributed by atoms with van der Waals surface area (Å²) >= 11 is 0. The fourth-order valence-electron chi connectivity index (χ4n) is 2.46. The van der Waals surface area contributed by atoms with Crippen LogP contribution in [0.15, 0.2) is 37.1 Å². The van der Waals surface area contributed by atoms with Crippen LogP contribution in [0.4, 0.5) is 26.2 Å². The second kappa shape index (κ2) is 9.69. The number of pyridine rings is 1. The van der Waals surface area contributed by atoms with Crippen LogP contribution in [0, 0.1) is 11.6 Å². The first-order chi connectivity index (χ1) is 14.4. The monoisotopic (exact) mass is 418 g/mol. The van der Waals surface area contributed by atoms with Crippen molar-refractivity contribution in [3.05, 3.63) is 54.2 Å². The number of halogens is 2. The summed E-state index contributed by atoms with van der Waals surface area (Å²) in [5, 5.41) is 21.4. The number of aliphatic hydroxyl groups excluding tert-OH is 1. The minimum absolute atomic E-state index is 0.0163. The molecule has 3 aromatic heterocycles. The second-order valence-corrected chi connectivity index (χ2v) is 6.40. The molecule has 0 radical (unpaired) electrons. The number of nitrogens with one attached hydrogen (secondary N) is 3. The number of aliphatic hydroxyl groups is 1. The molecule has 0 unspecified atom stereocenters. The average Bonchev–Trinajstić information content (AvgIpc) is 3.14. The summed E-state index contributed by atoms with van der Waals surface area (Å²) in [6.07, 6.45) is 6.44. The van der Waals surface area contributed by atoms with Gasteiger partial charge in [-0.3, -0.25) is 14.5 Å². The SMILES string of the molecule is C[C@@H](CO)NC(=O)Cn1cc(Nc2nccc(NCc3c(F)cncc3F)n2)cn1. The third kappa shape index (κ3) is 5.67. The Hall–Kier alpha value is -3.67. The van der Waals surface area contributed by atoms with Gasteiger partial charge in [-0.2, -0.15) is 10.1 Å². The molecule has 0 aliphatic rings. The van der Waals surface area contributed by atoms with Crippen molar-refractivity contribution in [1.29, 1.82) is 0 Å². The molecule has 4 N–H and O–H groups in total. The summed E-state index contributed by atoms with van der Waals surface area (Å²) in [5.74, 6) is -1.20. The summed E-state index contributed by atoms with van der Waals surface area (Å²) in [7, 11) is 0. The fourth-order valence-corrected chi connectivity index (χ4v) is 2.46. The van der Waals surface area contributed by atoms with Crippen LogP contribution < -0.4 is 16.0 Å². The highest BCUT2D eigenvalue weighted by Crippen LogP contribution is 2.15. The van der Waals surface area contributed by atoms with E-state index < -0.39 is 11.6 Å². The fraction of sp³-hybridized carbons (Fsp3) is 0.278. The lowest BCUT2D eigenvalue weighted by molar-refractivity contribution is -0.122. The van der Waals surface area contributed by atoms with Gasteiger partial charge in [0.15, 0.2) is 0 Å². The van der Waals surface area contributed by atoms with E-state index in [1.165, 1.54) is 17.1 Å². The van der Waals surface area contributed by atoms with E-state index in [-0.39, 0.29) is 43.2 Å². The molecule has 158 valence electrons. The van der Waals surface area contributed by atoms with Gasteiger partial charge in [0.1, 0.15) is 24.0 Å². The second-order valence-electron chi connectivity index (χ2n) is 6.40. The maximum atomic E-state index is 13.7. The smallest absolute Gasteiger partial charge is 0.242 e. The lowest BCUT2D eigenvalue weighted by Gasteiger charge is -2.10. The highest BCUT2D eigenvalue weighted by Gasteiger charge is 2.11. The van der Waals surface area contributed by atoms with Crippen LogP contribution in [0.25, 0.3) is 0 Å². The van der Waals surface area contributed by atoms with Gasteiger partial charge in [0, 0.05) is 30.5 Å². The first-order valence-corrected chi connectivity index (χ1v) is 8.99. The van der Waals surface area contributed by atoms with Crippen LogP contribution in [-0.2, 0) is 17.9 Å². The Balaban J connectivity index is 1.59. The van der Waals surface area contributed by atoms with Crippen molar-refractivity contribution in [3.8, 4) is 0 Å². The van der Waals surface area contributed by atoms with Gasteiger partial charge >= 0.3 is 0 Å². The van der Waals surface area contributed by atoms with Crippen LogP contribution in [0.3, 0.4) is 0 Å². The topological polar surface area (TPSA) is 130 Å². The Morgan fingerprint density at radius 2 is 2.03 bits per heavy atom. The number of hydrogen-bond acceptors (Lipinski definition) is 8. The number of amides is 1.